The molecule has 0 unspecified atom stereocenters. The molecule has 0 saturated heterocycles. The first-order chi connectivity index (χ1) is 13.7. The summed E-state index contributed by atoms with van der Waals surface area (Å²) in [5.74, 6) is 0.0622. The Balaban J connectivity index is 1.92. The maximum Gasteiger partial charge on any atom is 0.223 e. The number of hydrogen-bond donors (Lipinski definition) is 1. The Kier molecular flexibility index (Phi) is 7.57. The van der Waals surface area contributed by atoms with Crippen LogP contribution >= 0.6 is 0 Å². The Morgan fingerprint density at radius 3 is 2.57 bits per heavy atom. The summed E-state index contributed by atoms with van der Waals surface area (Å²) in [7, 11) is 0. The van der Waals surface area contributed by atoms with Gasteiger partial charge in [0.05, 0.1) is 6.61 Å². The lowest BCUT2D eigenvalue weighted by atomic mass is 10.0. The fraction of sp³-hybridized carbons (Fsp3) is 0.478. The first-order valence-corrected chi connectivity index (χ1v) is 10.3. The second-order valence-corrected chi connectivity index (χ2v) is 7.63. The second-order valence-electron chi connectivity index (χ2n) is 7.63. The van der Waals surface area contributed by atoms with Crippen molar-refractivity contribution in [3.05, 3.63) is 59.4 Å². The standard InChI is InChI=1S/C23H31N3O2/c1-19(28)26-13-6-4-2-3-5-12-25(16-21-8-7-11-24-15-21)17-22-10-9-20(18-27)14-23(22)26/h7-11,14-15,27H,2-6,12-13,16-18H2,1H3. The van der Waals surface area contributed by atoms with E-state index in [0.29, 0.717) is 0 Å². The summed E-state index contributed by atoms with van der Waals surface area (Å²) in [6, 6.07) is 10.1. The highest BCUT2D eigenvalue weighted by molar-refractivity contribution is 5.92. The topological polar surface area (TPSA) is 56.7 Å². The van der Waals surface area contributed by atoms with Crippen molar-refractivity contribution in [3.63, 3.8) is 0 Å². The molecule has 1 N–H and O–H groups in total. The van der Waals surface area contributed by atoms with E-state index in [1.807, 2.05) is 29.3 Å². The van der Waals surface area contributed by atoms with Gasteiger partial charge < -0.3 is 10.0 Å². The minimum atomic E-state index is -0.0155. The van der Waals surface area contributed by atoms with Gasteiger partial charge in [0.15, 0.2) is 0 Å². The lowest BCUT2D eigenvalue weighted by molar-refractivity contribution is -0.116. The maximum atomic E-state index is 12.4. The van der Waals surface area contributed by atoms with E-state index in [2.05, 4.69) is 22.0 Å². The molecule has 5 heteroatoms. The number of anilines is 1. The first kappa shape index (κ1) is 20.5. The molecule has 0 atom stereocenters. The number of rotatable bonds is 3. The average molecular weight is 382 g/mol. The lowest BCUT2D eigenvalue weighted by Gasteiger charge is -2.29. The third-order valence-electron chi connectivity index (χ3n) is 5.38. The van der Waals surface area contributed by atoms with Gasteiger partial charge in [-0.2, -0.15) is 0 Å². The first-order valence-electron chi connectivity index (χ1n) is 10.3. The number of fused-ring (bicyclic) bond motifs is 1. The van der Waals surface area contributed by atoms with Crippen LogP contribution in [0.4, 0.5) is 5.69 Å². The molecule has 1 aromatic carbocycles. The van der Waals surface area contributed by atoms with Gasteiger partial charge in [-0.05, 0) is 48.2 Å². The van der Waals surface area contributed by atoms with E-state index in [0.717, 1.165) is 55.8 Å². The number of nitrogens with zero attached hydrogens (tertiary/aromatic N) is 3. The summed E-state index contributed by atoms with van der Waals surface area (Å²) < 4.78 is 0. The SMILES string of the molecule is CC(=O)N1CCCCCCCN(Cc2cccnc2)Cc2ccc(CO)cc21. The van der Waals surface area contributed by atoms with Gasteiger partial charge in [0.2, 0.25) is 5.91 Å². The highest BCUT2D eigenvalue weighted by Gasteiger charge is 2.19. The largest absolute Gasteiger partial charge is 0.392 e. The maximum absolute atomic E-state index is 12.4. The van der Waals surface area contributed by atoms with Gasteiger partial charge in [0.25, 0.3) is 0 Å². The third-order valence-corrected chi connectivity index (χ3v) is 5.38. The van der Waals surface area contributed by atoms with Gasteiger partial charge in [0.1, 0.15) is 0 Å². The molecule has 1 aliphatic heterocycles. The quantitative estimate of drug-likeness (QED) is 0.876. The summed E-state index contributed by atoms with van der Waals surface area (Å²) in [4.78, 5) is 21.0. The van der Waals surface area contributed by atoms with Crippen molar-refractivity contribution in [2.24, 2.45) is 0 Å². The van der Waals surface area contributed by atoms with Crippen LogP contribution in [-0.4, -0.2) is 34.0 Å². The van der Waals surface area contributed by atoms with Crippen LogP contribution in [0, 0.1) is 0 Å². The van der Waals surface area contributed by atoms with Crippen LogP contribution in [0.1, 0.15) is 55.7 Å². The minimum absolute atomic E-state index is 0.0155. The zero-order valence-corrected chi connectivity index (χ0v) is 16.8. The normalized spacial score (nSPS) is 16.7. The van der Waals surface area contributed by atoms with Crippen LogP contribution in [0.5, 0.6) is 0 Å². The number of aliphatic hydroxyl groups is 1. The van der Waals surface area contributed by atoms with E-state index in [4.69, 9.17) is 0 Å². The van der Waals surface area contributed by atoms with Crippen LogP contribution in [0.3, 0.4) is 0 Å². The van der Waals surface area contributed by atoms with Crippen LogP contribution in [0.25, 0.3) is 0 Å². The van der Waals surface area contributed by atoms with E-state index < -0.39 is 0 Å². The molecule has 0 aliphatic carbocycles. The number of aromatic nitrogens is 1. The molecule has 28 heavy (non-hydrogen) atoms. The molecule has 2 heterocycles. The Labute approximate surface area is 168 Å². The summed E-state index contributed by atoms with van der Waals surface area (Å²) >= 11 is 0. The number of benzene rings is 1. The zero-order valence-electron chi connectivity index (χ0n) is 16.8. The Hall–Kier alpha value is -2.24. The predicted molar refractivity (Wildman–Crippen MR) is 112 cm³/mol. The number of hydrogen-bond acceptors (Lipinski definition) is 4. The predicted octanol–water partition coefficient (Wildman–Crippen LogP) is 3.89. The Bertz CT molecular complexity index is 764. The van der Waals surface area contributed by atoms with Gasteiger partial charge in [-0.15, -0.1) is 0 Å². The molecular weight excluding hydrogens is 350 g/mol. The van der Waals surface area contributed by atoms with E-state index in [9.17, 15) is 9.90 Å². The Morgan fingerprint density at radius 1 is 1.07 bits per heavy atom. The lowest BCUT2D eigenvalue weighted by Crippen LogP contribution is -2.32. The summed E-state index contributed by atoms with van der Waals surface area (Å²) in [6.45, 7) is 5.00. The van der Waals surface area contributed by atoms with Crippen molar-refractivity contribution in [1.82, 2.24) is 9.88 Å². The summed E-state index contributed by atoms with van der Waals surface area (Å²) in [6.07, 6.45) is 9.49. The molecule has 0 bridgehead atoms. The molecule has 0 radical (unpaired) electrons. The number of pyridine rings is 1. The fourth-order valence-electron chi connectivity index (χ4n) is 3.88. The third kappa shape index (κ3) is 5.63. The van der Waals surface area contributed by atoms with Crippen molar-refractivity contribution in [2.75, 3.05) is 18.0 Å². The summed E-state index contributed by atoms with van der Waals surface area (Å²) in [5.41, 5.74) is 4.12. The van der Waals surface area contributed by atoms with E-state index >= 15 is 0 Å². The fourth-order valence-corrected chi connectivity index (χ4v) is 3.88. The average Bonchev–Trinajstić information content (AvgIpc) is 2.70. The zero-order chi connectivity index (χ0) is 19.8. The molecule has 0 saturated carbocycles. The van der Waals surface area contributed by atoms with Crippen molar-refractivity contribution in [3.8, 4) is 0 Å². The van der Waals surface area contributed by atoms with Crippen molar-refractivity contribution >= 4 is 11.6 Å². The van der Waals surface area contributed by atoms with E-state index in [1.165, 1.54) is 24.8 Å². The molecule has 1 aliphatic rings. The van der Waals surface area contributed by atoms with E-state index in [-0.39, 0.29) is 12.5 Å². The minimum Gasteiger partial charge on any atom is -0.392 e. The van der Waals surface area contributed by atoms with Gasteiger partial charge in [0, 0.05) is 44.6 Å². The highest BCUT2D eigenvalue weighted by atomic mass is 16.3. The molecule has 5 nitrogen and oxygen atoms in total. The van der Waals surface area contributed by atoms with E-state index in [1.54, 1.807) is 13.1 Å². The number of aliphatic hydroxyl groups excluding tert-OH is 1. The molecule has 1 aromatic heterocycles. The van der Waals surface area contributed by atoms with Crippen molar-refractivity contribution in [1.29, 1.82) is 0 Å². The van der Waals surface area contributed by atoms with Crippen LogP contribution in [0.2, 0.25) is 0 Å². The molecule has 0 spiro atoms. The van der Waals surface area contributed by atoms with Gasteiger partial charge in [-0.3, -0.25) is 14.7 Å². The molecular formula is C23H31N3O2. The number of amides is 1. The molecule has 0 fully saturated rings. The monoisotopic (exact) mass is 381 g/mol. The Morgan fingerprint density at radius 2 is 1.86 bits per heavy atom. The van der Waals surface area contributed by atoms with Crippen LogP contribution in [0.15, 0.2) is 42.7 Å². The van der Waals surface area contributed by atoms with Gasteiger partial charge >= 0.3 is 0 Å². The molecule has 150 valence electrons. The molecule has 3 rings (SSSR count). The number of carbonyl (C=O) groups is 1. The van der Waals surface area contributed by atoms with Crippen molar-refractivity contribution < 1.29 is 9.90 Å². The second kappa shape index (κ2) is 10.3. The van der Waals surface area contributed by atoms with Crippen molar-refractivity contribution in [2.45, 2.75) is 58.7 Å². The summed E-state index contributed by atoms with van der Waals surface area (Å²) in [5, 5.41) is 9.60. The number of carbonyl (C=O) groups excluding carboxylic acids is 1. The van der Waals surface area contributed by atoms with Gasteiger partial charge in [-0.1, -0.05) is 37.5 Å². The highest BCUT2D eigenvalue weighted by Crippen LogP contribution is 2.26. The molecule has 1 amide bonds. The van der Waals surface area contributed by atoms with Crippen LogP contribution in [-0.2, 0) is 24.5 Å². The molecule has 2 aromatic rings. The van der Waals surface area contributed by atoms with Crippen LogP contribution < -0.4 is 4.90 Å². The smallest absolute Gasteiger partial charge is 0.223 e. The van der Waals surface area contributed by atoms with Gasteiger partial charge in [-0.25, -0.2) is 0 Å².